The second kappa shape index (κ2) is 5.87. The van der Waals surface area contributed by atoms with Gasteiger partial charge >= 0.3 is 5.97 Å². The molecule has 0 spiro atoms. The molecule has 0 amide bonds. The van der Waals surface area contributed by atoms with Crippen LogP contribution in [0.15, 0.2) is 24.5 Å². The molecule has 0 saturated carbocycles. The van der Waals surface area contributed by atoms with Gasteiger partial charge in [-0.15, -0.1) is 0 Å². The largest absolute Gasteiger partial charge is 0.481 e. The summed E-state index contributed by atoms with van der Waals surface area (Å²) >= 11 is 0. The molecule has 2 fully saturated rings. The molecule has 3 N–H and O–H groups in total. The van der Waals surface area contributed by atoms with Crippen LogP contribution in [-0.4, -0.2) is 40.2 Å². The molecule has 3 atom stereocenters. The first-order chi connectivity index (χ1) is 9.74. The van der Waals surface area contributed by atoms with E-state index in [1.165, 1.54) is 5.56 Å². The Labute approximate surface area is 118 Å². The van der Waals surface area contributed by atoms with Gasteiger partial charge in [0.2, 0.25) is 0 Å². The minimum Gasteiger partial charge on any atom is -0.481 e. The highest BCUT2D eigenvalue weighted by atomic mass is 16.4. The number of hydrogen-bond donors (Lipinski definition) is 3. The van der Waals surface area contributed by atoms with E-state index < -0.39 is 5.97 Å². The second-order valence-electron chi connectivity index (χ2n) is 5.55. The molecule has 1 aromatic rings. The number of hydrogen-bond acceptors (Lipinski definition) is 5. The fourth-order valence-corrected chi connectivity index (χ4v) is 3.08. The minimum absolute atomic E-state index is 0.204. The Morgan fingerprint density at radius 2 is 2.15 bits per heavy atom. The lowest BCUT2D eigenvalue weighted by Gasteiger charge is -2.34. The van der Waals surface area contributed by atoms with Crippen molar-refractivity contribution in [3.05, 3.63) is 30.1 Å². The van der Waals surface area contributed by atoms with Crippen molar-refractivity contribution in [2.75, 3.05) is 13.1 Å². The Bertz CT molecular complexity index is 468. The zero-order chi connectivity index (χ0) is 13.9. The highest BCUT2D eigenvalue weighted by Gasteiger charge is 2.34. The lowest BCUT2D eigenvalue weighted by atomic mass is 9.97. The number of aromatic nitrogens is 1. The molecule has 0 aliphatic carbocycles. The first-order valence-electron chi connectivity index (χ1n) is 7.12. The van der Waals surface area contributed by atoms with Crippen molar-refractivity contribution >= 4 is 5.97 Å². The van der Waals surface area contributed by atoms with Crippen LogP contribution >= 0.6 is 0 Å². The average Bonchev–Trinajstić information content (AvgIpc) is 2.98. The third-order valence-electron chi connectivity index (χ3n) is 4.23. The van der Waals surface area contributed by atoms with E-state index in [4.69, 9.17) is 5.11 Å². The number of carboxylic acids is 1. The quantitative estimate of drug-likeness (QED) is 0.756. The van der Waals surface area contributed by atoms with Crippen LogP contribution in [0.25, 0.3) is 0 Å². The van der Waals surface area contributed by atoms with E-state index >= 15 is 0 Å². The highest BCUT2D eigenvalue weighted by molar-refractivity contribution is 5.70. The van der Waals surface area contributed by atoms with E-state index in [0.717, 1.165) is 25.8 Å². The summed E-state index contributed by atoms with van der Waals surface area (Å²) < 4.78 is 0. The van der Waals surface area contributed by atoms with Gasteiger partial charge in [-0.2, -0.15) is 0 Å². The zero-order valence-electron chi connectivity index (χ0n) is 11.3. The fourth-order valence-electron chi connectivity index (χ4n) is 3.08. The standard InChI is InChI=1S/C14H20N4O2/c19-14(20)11-2-1-7-18(9-11)13-8-12(16-17-13)10-3-5-15-6-4-10/h3-6,11-13,16-17H,1-2,7-9H2,(H,19,20). The van der Waals surface area contributed by atoms with Crippen molar-refractivity contribution in [2.24, 2.45) is 5.92 Å². The highest BCUT2D eigenvalue weighted by Crippen LogP contribution is 2.26. The summed E-state index contributed by atoms with van der Waals surface area (Å²) in [6.07, 6.45) is 6.48. The molecule has 2 saturated heterocycles. The summed E-state index contributed by atoms with van der Waals surface area (Å²) in [6, 6.07) is 4.28. The van der Waals surface area contributed by atoms with Gasteiger partial charge < -0.3 is 5.11 Å². The second-order valence-corrected chi connectivity index (χ2v) is 5.55. The number of piperidine rings is 1. The van der Waals surface area contributed by atoms with E-state index in [0.29, 0.717) is 6.54 Å². The van der Waals surface area contributed by atoms with Gasteiger partial charge in [0, 0.05) is 25.0 Å². The first kappa shape index (κ1) is 13.5. The van der Waals surface area contributed by atoms with Crippen LogP contribution in [0.1, 0.15) is 30.9 Å². The van der Waals surface area contributed by atoms with Gasteiger partial charge in [-0.3, -0.25) is 14.7 Å². The maximum Gasteiger partial charge on any atom is 0.307 e. The lowest BCUT2D eigenvalue weighted by Crippen LogP contribution is -2.50. The predicted molar refractivity (Wildman–Crippen MR) is 73.6 cm³/mol. The molecule has 3 rings (SSSR count). The summed E-state index contributed by atoms with van der Waals surface area (Å²) in [6.45, 7) is 1.60. The van der Waals surface area contributed by atoms with Gasteiger partial charge in [0.05, 0.1) is 12.1 Å². The monoisotopic (exact) mass is 276 g/mol. The van der Waals surface area contributed by atoms with Crippen LogP contribution in [0.4, 0.5) is 0 Å². The topological polar surface area (TPSA) is 77.5 Å². The molecule has 6 nitrogen and oxygen atoms in total. The first-order valence-corrected chi connectivity index (χ1v) is 7.12. The maximum absolute atomic E-state index is 11.1. The fraction of sp³-hybridized carbons (Fsp3) is 0.571. The summed E-state index contributed by atoms with van der Waals surface area (Å²) in [5.74, 6) is -0.906. The number of hydrazine groups is 1. The van der Waals surface area contributed by atoms with Crippen LogP contribution in [0.5, 0.6) is 0 Å². The van der Waals surface area contributed by atoms with Gasteiger partial charge in [0.1, 0.15) is 0 Å². The maximum atomic E-state index is 11.1. The van der Waals surface area contributed by atoms with Crippen LogP contribution in [-0.2, 0) is 4.79 Å². The van der Waals surface area contributed by atoms with Gasteiger partial charge in [-0.05, 0) is 43.5 Å². The normalized spacial score (nSPS) is 31.3. The summed E-state index contributed by atoms with van der Waals surface area (Å²) in [4.78, 5) is 17.4. The van der Waals surface area contributed by atoms with E-state index in [-0.39, 0.29) is 18.1 Å². The number of aliphatic carboxylic acids is 1. The van der Waals surface area contributed by atoms with E-state index in [1.54, 1.807) is 12.4 Å². The molecular formula is C14H20N4O2. The molecule has 0 bridgehead atoms. The lowest BCUT2D eigenvalue weighted by molar-refractivity contribution is -0.144. The number of nitrogens with zero attached hydrogens (tertiary/aromatic N) is 2. The smallest absolute Gasteiger partial charge is 0.307 e. The number of carbonyl (C=O) groups is 1. The van der Waals surface area contributed by atoms with E-state index in [2.05, 4.69) is 20.7 Å². The van der Waals surface area contributed by atoms with Gasteiger partial charge in [-0.1, -0.05) is 0 Å². The van der Waals surface area contributed by atoms with Gasteiger partial charge in [0.15, 0.2) is 0 Å². The Hall–Kier alpha value is -1.50. The summed E-state index contributed by atoms with van der Waals surface area (Å²) in [5.41, 5.74) is 7.80. The summed E-state index contributed by atoms with van der Waals surface area (Å²) in [5, 5.41) is 9.16. The number of likely N-dealkylation sites (tertiary alicyclic amines) is 1. The van der Waals surface area contributed by atoms with Crippen molar-refractivity contribution in [2.45, 2.75) is 31.5 Å². The van der Waals surface area contributed by atoms with Crippen LogP contribution in [0.2, 0.25) is 0 Å². The Morgan fingerprint density at radius 3 is 2.90 bits per heavy atom. The molecule has 108 valence electrons. The molecule has 20 heavy (non-hydrogen) atoms. The Balaban J connectivity index is 1.61. The molecule has 0 aromatic carbocycles. The Kier molecular flexibility index (Phi) is 3.95. The van der Waals surface area contributed by atoms with Crippen molar-refractivity contribution < 1.29 is 9.90 Å². The van der Waals surface area contributed by atoms with Crippen molar-refractivity contribution in [1.29, 1.82) is 0 Å². The van der Waals surface area contributed by atoms with E-state index in [9.17, 15) is 4.79 Å². The molecule has 2 aliphatic heterocycles. The third kappa shape index (κ3) is 2.82. The van der Waals surface area contributed by atoms with Crippen molar-refractivity contribution in [1.82, 2.24) is 20.7 Å². The minimum atomic E-state index is -0.675. The van der Waals surface area contributed by atoms with Crippen molar-refractivity contribution in [3.63, 3.8) is 0 Å². The molecule has 0 radical (unpaired) electrons. The van der Waals surface area contributed by atoms with E-state index in [1.807, 2.05) is 12.1 Å². The molecule has 1 aromatic heterocycles. The predicted octanol–water partition coefficient (Wildman–Crippen LogP) is 0.743. The average molecular weight is 276 g/mol. The van der Waals surface area contributed by atoms with Crippen LogP contribution in [0, 0.1) is 5.92 Å². The summed E-state index contributed by atoms with van der Waals surface area (Å²) in [7, 11) is 0. The van der Waals surface area contributed by atoms with Gasteiger partial charge in [0.25, 0.3) is 0 Å². The number of pyridine rings is 1. The number of rotatable bonds is 3. The number of nitrogens with one attached hydrogen (secondary N) is 2. The van der Waals surface area contributed by atoms with Gasteiger partial charge in [-0.25, -0.2) is 10.9 Å². The Morgan fingerprint density at radius 1 is 1.35 bits per heavy atom. The third-order valence-corrected chi connectivity index (χ3v) is 4.23. The molecular weight excluding hydrogens is 256 g/mol. The van der Waals surface area contributed by atoms with Crippen molar-refractivity contribution in [3.8, 4) is 0 Å². The SMILES string of the molecule is O=C(O)C1CCCN(C2CC(c3ccncc3)NN2)C1. The molecule has 2 aliphatic rings. The molecule has 6 heteroatoms. The van der Waals surface area contributed by atoms with Crippen LogP contribution < -0.4 is 10.9 Å². The molecule has 3 heterocycles. The molecule has 3 unspecified atom stereocenters. The van der Waals surface area contributed by atoms with Crippen LogP contribution in [0.3, 0.4) is 0 Å². The number of carboxylic acid groups (broad SMARTS) is 1. The zero-order valence-corrected chi connectivity index (χ0v) is 11.3.